The molecule has 0 amide bonds. The van der Waals surface area contributed by atoms with Crippen LogP contribution in [0.4, 0.5) is 0 Å². The molecule has 19 heavy (non-hydrogen) atoms. The quantitative estimate of drug-likeness (QED) is 0.222. The number of carbonyl (C=O) groups excluding carboxylic acids is 2. The van der Waals surface area contributed by atoms with Gasteiger partial charge in [-0.2, -0.15) is 0 Å². The number of aliphatic carboxylic acids is 2. The van der Waals surface area contributed by atoms with Gasteiger partial charge < -0.3 is 19.8 Å². The van der Waals surface area contributed by atoms with Gasteiger partial charge in [0.15, 0.2) is 0 Å². The summed E-state index contributed by atoms with van der Waals surface area (Å²) >= 11 is 0. The fraction of sp³-hybridized carbons (Fsp3) is 0.846. The first kappa shape index (κ1) is 24.2. The Bertz CT molecular complexity index is 231. The van der Waals surface area contributed by atoms with Gasteiger partial charge in [0.1, 0.15) is 0 Å². The predicted octanol–water partition coefficient (Wildman–Crippen LogP) is -5.36. The molecule has 4 nitrogen and oxygen atoms in total. The molecule has 0 heterocycles. The number of hydrogen-bond acceptors (Lipinski definition) is 4. The molecule has 0 atom stereocenters. The molecule has 6 heteroatoms. The Kier molecular flexibility index (Phi) is 16.7. The Morgan fingerprint density at radius 2 is 1.11 bits per heavy atom. The minimum Gasteiger partial charge on any atom is -0.549 e. The Hall–Kier alpha value is 0.135. The Morgan fingerprint density at radius 1 is 0.789 bits per heavy atom. The number of hydrogen-bond donors (Lipinski definition) is 0. The van der Waals surface area contributed by atoms with Crippen LogP contribution in [0, 0.1) is 5.41 Å². The molecule has 0 aromatic carbocycles. The van der Waals surface area contributed by atoms with E-state index in [0.717, 1.165) is 25.7 Å². The molecular formula is C13H22Li2O4. The predicted molar refractivity (Wildman–Crippen MR) is 60.7 cm³/mol. The van der Waals surface area contributed by atoms with Crippen molar-refractivity contribution in [3.05, 3.63) is 0 Å². The zero-order chi connectivity index (χ0) is 13.3. The third-order valence-corrected chi connectivity index (χ3v) is 3.20. The second-order valence-corrected chi connectivity index (χ2v) is 4.57. The maximum atomic E-state index is 11.1. The Balaban J connectivity index is -0.00000128. The van der Waals surface area contributed by atoms with Gasteiger partial charge in [-0.15, -0.1) is 0 Å². The molecule has 0 aliphatic heterocycles. The van der Waals surface area contributed by atoms with Crippen molar-refractivity contribution < 1.29 is 57.5 Å². The molecule has 0 saturated heterocycles. The summed E-state index contributed by atoms with van der Waals surface area (Å²) in [4.78, 5) is 22.2. The van der Waals surface area contributed by atoms with Crippen molar-refractivity contribution in [1.29, 1.82) is 0 Å². The van der Waals surface area contributed by atoms with E-state index in [2.05, 4.69) is 0 Å². The molecule has 0 spiro atoms. The molecule has 0 bridgehead atoms. The molecule has 0 unspecified atom stereocenters. The van der Waals surface area contributed by atoms with Crippen molar-refractivity contribution in [3.63, 3.8) is 0 Å². The van der Waals surface area contributed by atoms with Crippen LogP contribution in [0.5, 0.6) is 0 Å². The smallest absolute Gasteiger partial charge is 0.549 e. The monoisotopic (exact) mass is 256 g/mol. The minimum absolute atomic E-state index is 0. The maximum Gasteiger partial charge on any atom is 1.00 e. The van der Waals surface area contributed by atoms with E-state index in [-0.39, 0.29) is 50.6 Å². The van der Waals surface area contributed by atoms with Crippen molar-refractivity contribution >= 4 is 11.9 Å². The summed E-state index contributed by atoms with van der Waals surface area (Å²) in [6.45, 7) is 3.97. The Labute approximate surface area is 140 Å². The van der Waals surface area contributed by atoms with E-state index in [0.29, 0.717) is 12.8 Å². The van der Waals surface area contributed by atoms with Crippen LogP contribution in [0.2, 0.25) is 0 Å². The van der Waals surface area contributed by atoms with Gasteiger partial charge in [0.05, 0.1) is 11.9 Å². The third-order valence-electron chi connectivity index (χ3n) is 3.20. The molecule has 0 rings (SSSR count). The molecule has 0 aromatic heterocycles. The second-order valence-electron chi connectivity index (χ2n) is 4.57. The average molecular weight is 256 g/mol. The number of rotatable bonds is 10. The summed E-state index contributed by atoms with van der Waals surface area (Å²) in [6.07, 6.45) is 4.92. The largest absolute Gasteiger partial charge is 1.00 e. The number of carbonyl (C=O) groups is 2. The van der Waals surface area contributed by atoms with Gasteiger partial charge in [-0.25, -0.2) is 0 Å². The summed E-state index contributed by atoms with van der Waals surface area (Å²) in [5, 5.41) is 22.2. The summed E-state index contributed by atoms with van der Waals surface area (Å²) in [6, 6.07) is 0. The minimum atomic E-state index is -1.79. The van der Waals surface area contributed by atoms with E-state index < -0.39 is 17.4 Å². The molecule has 0 N–H and O–H groups in total. The van der Waals surface area contributed by atoms with Crippen molar-refractivity contribution in [1.82, 2.24) is 0 Å². The normalized spacial score (nSPS) is 10.2. The van der Waals surface area contributed by atoms with E-state index in [1.54, 1.807) is 0 Å². The topological polar surface area (TPSA) is 80.3 Å². The first-order valence-electron chi connectivity index (χ1n) is 6.44. The molecule has 0 radical (unpaired) electrons. The van der Waals surface area contributed by atoms with E-state index in [1.807, 2.05) is 13.8 Å². The number of unbranched alkanes of at least 4 members (excludes halogenated alkanes) is 4. The van der Waals surface area contributed by atoms with E-state index in [9.17, 15) is 19.8 Å². The maximum absolute atomic E-state index is 11.1. The van der Waals surface area contributed by atoms with E-state index in [4.69, 9.17) is 0 Å². The zero-order valence-electron chi connectivity index (χ0n) is 12.8. The van der Waals surface area contributed by atoms with Crippen LogP contribution in [0.15, 0.2) is 0 Å². The first-order valence-corrected chi connectivity index (χ1v) is 6.44. The third kappa shape index (κ3) is 8.10. The SMILES string of the molecule is CCCCCC(CCCCC)(C(=O)[O-])C(=O)[O-].[Li+].[Li+]. The molecule has 0 aromatic rings. The van der Waals surface area contributed by atoms with Crippen LogP contribution in [0.3, 0.4) is 0 Å². The van der Waals surface area contributed by atoms with E-state index in [1.165, 1.54) is 0 Å². The molecule has 0 aliphatic carbocycles. The molecule has 0 saturated carbocycles. The van der Waals surface area contributed by atoms with Crippen LogP contribution in [-0.4, -0.2) is 11.9 Å². The first-order chi connectivity index (χ1) is 8.01. The van der Waals surface area contributed by atoms with Crippen molar-refractivity contribution in [3.8, 4) is 0 Å². The zero-order valence-corrected chi connectivity index (χ0v) is 12.8. The van der Waals surface area contributed by atoms with Crippen molar-refractivity contribution in [2.45, 2.75) is 65.2 Å². The summed E-state index contributed by atoms with van der Waals surface area (Å²) in [7, 11) is 0. The molecule has 100 valence electrons. The van der Waals surface area contributed by atoms with Crippen LogP contribution < -0.4 is 47.9 Å². The molecule has 0 aliphatic rings. The van der Waals surface area contributed by atoms with Gasteiger partial charge in [-0.1, -0.05) is 52.4 Å². The second kappa shape index (κ2) is 13.1. The van der Waals surface area contributed by atoms with Gasteiger partial charge in [0.2, 0.25) is 0 Å². The Morgan fingerprint density at radius 3 is 1.32 bits per heavy atom. The summed E-state index contributed by atoms with van der Waals surface area (Å²) in [5.41, 5.74) is -1.79. The van der Waals surface area contributed by atoms with Gasteiger partial charge in [-0.05, 0) is 12.8 Å². The summed E-state index contributed by atoms with van der Waals surface area (Å²) in [5.74, 6) is -2.99. The van der Waals surface area contributed by atoms with Gasteiger partial charge in [0, 0.05) is 5.41 Å². The van der Waals surface area contributed by atoms with Crippen LogP contribution in [-0.2, 0) is 9.59 Å². The van der Waals surface area contributed by atoms with Crippen molar-refractivity contribution in [2.75, 3.05) is 0 Å². The van der Waals surface area contributed by atoms with E-state index >= 15 is 0 Å². The molecular weight excluding hydrogens is 234 g/mol. The van der Waals surface area contributed by atoms with Gasteiger partial charge in [0.25, 0.3) is 0 Å². The van der Waals surface area contributed by atoms with Crippen LogP contribution in [0.25, 0.3) is 0 Å². The molecule has 0 fully saturated rings. The summed E-state index contributed by atoms with van der Waals surface area (Å²) < 4.78 is 0. The standard InChI is InChI=1S/C13H24O4.2Li/c1-3-5-7-9-13(11(14)15,12(16)17)10-8-6-4-2;;/h3-10H2,1-2H3,(H,14,15)(H,16,17);;/q;2*+1/p-2. The van der Waals surface area contributed by atoms with Crippen molar-refractivity contribution in [2.24, 2.45) is 5.41 Å². The van der Waals surface area contributed by atoms with Crippen LogP contribution >= 0.6 is 0 Å². The number of carboxylic acids is 2. The van der Waals surface area contributed by atoms with Gasteiger partial charge in [-0.3, -0.25) is 0 Å². The fourth-order valence-electron chi connectivity index (χ4n) is 1.97. The van der Waals surface area contributed by atoms with Gasteiger partial charge >= 0.3 is 37.7 Å². The average Bonchev–Trinajstić information content (AvgIpc) is 2.26. The number of carboxylic acid groups (broad SMARTS) is 2. The fourth-order valence-corrected chi connectivity index (χ4v) is 1.97. The van der Waals surface area contributed by atoms with Crippen LogP contribution in [0.1, 0.15) is 65.2 Å².